The van der Waals surface area contributed by atoms with Crippen molar-refractivity contribution < 1.29 is 26.7 Å². The molecule has 2 N–H and O–H groups in total. The van der Waals surface area contributed by atoms with E-state index in [2.05, 4.69) is 20.5 Å². The SMILES string of the molecule is Cc1ccc(OC(F)F)c(NC(=S)Nc2c(C)nn(Cc3cccc(C(F)(F)F)c3)c2C)c1. The first-order valence-electron chi connectivity index (χ1n) is 9.77. The summed E-state index contributed by atoms with van der Waals surface area (Å²) in [6, 6.07) is 9.69. The summed E-state index contributed by atoms with van der Waals surface area (Å²) in [5.74, 6) is -0.0616. The fourth-order valence-corrected chi connectivity index (χ4v) is 3.47. The number of anilines is 2. The van der Waals surface area contributed by atoms with Crippen LogP contribution in [-0.4, -0.2) is 21.5 Å². The van der Waals surface area contributed by atoms with Gasteiger partial charge < -0.3 is 15.4 Å². The summed E-state index contributed by atoms with van der Waals surface area (Å²) in [6.07, 6.45) is -4.43. The predicted octanol–water partition coefficient (Wildman–Crippen LogP) is 6.29. The highest BCUT2D eigenvalue weighted by Gasteiger charge is 2.30. The third-order valence-corrected chi connectivity index (χ3v) is 5.01. The van der Waals surface area contributed by atoms with Gasteiger partial charge in [-0.05, 0) is 68.4 Å². The van der Waals surface area contributed by atoms with Crippen molar-refractivity contribution in [1.29, 1.82) is 0 Å². The van der Waals surface area contributed by atoms with Gasteiger partial charge in [-0.2, -0.15) is 27.1 Å². The summed E-state index contributed by atoms with van der Waals surface area (Å²) in [4.78, 5) is 0. The molecule has 11 heteroatoms. The summed E-state index contributed by atoms with van der Waals surface area (Å²) in [7, 11) is 0. The van der Waals surface area contributed by atoms with Crippen LogP contribution in [0.1, 0.15) is 28.1 Å². The van der Waals surface area contributed by atoms with Crippen LogP contribution in [-0.2, 0) is 12.7 Å². The first-order valence-corrected chi connectivity index (χ1v) is 10.2. The Morgan fingerprint density at radius 3 is 2.48 bits per heavy atom. The van der Waals surface area contributed by atoms with Crippen LogP contribution in [0.2, 0.25) is 0 Å². The maximum absolute atomic E-state index is 13.0. The Labute approximate surface area is 192 Å². The smallest absolute Gasteiger partial charge is 0.416 e. The molecule has 3 aromatic rings. The minimum atomic E-state index is -4.43. The number of hydrogen-bond acceptors (Lipinski definition) is 3. The number of hydrogen-bond donors (Lipinski definition) is 2. The van der Waals surface area contributed by atoms with Crippen molar-refractivity contribution >= 4 is 28.7 Å². The third kappa shape index (κ3) is 6.19. The molecule has 0 amide bonds. The maximum atomic E-state index is 13.0. The zero-order valence-electron chi connectivity index (χ0n) is 17.9. The second kappa shape index (κ2) is 9.74. The molecular weight excluding hydrogens is 463 g/mol. The summed E-state index contributed by atoms with van der Waals surface area (Å²) in [5, 5.41) is 10.3. The van der Waals surface area contributed by atoms with Crippen molar-refractivity contribution in [2.24, 2.45) is 0 Å². The molecule has 0 aliphatic rings. The highest BCUT2D eigenvalue weighted by atomic mass is 32.1. The fraction of sp³-hybridized carbons (Fsp3) is 0.273. The van der Waals surface area contributed by atoms with E-state index >= 15 is 0 Å². The molecule has 0 spiro atoms. The van der Waals surface area contributed by atoms with Gasteiger partial charge >= 0.3 is 12.8 Å². The molecule has 0 aliphatic heterocycles. The molecule has 0 unspecified atom stereocenters. The molecule has 1 heterocycles. The largest absolute Gasteiger partial charge is 0.433 e. The third-order valence-electron chi connectivity index (χ3n) is 4.81. The molecular formula is C22H21F5N4OS. The number of nitrogens with zero attached hydrogens (tertiary/aromatic N) is 2. The van der Waals surface area contributed by atoms with E-state index in [0.717, 1.165) is 17.7 Å². The molecule has 33 heavy (non-hydrogen) atoms. The second-order valence-corrected chi connectivity index (χ2v) is 7.77. The van der Waals surface area contributed by atoms with Crippen molar-refractivity contribution in [1.82, 2.24) is 9.78 Å². The van der Waals surface area contributed by atoms with Gasteiger partial charge in [0.25, 0.3) is 0 Å². The van der Waals surface area contributed by atoms with E-state index < -0.39 is 18.4 Å². The summed E-state index contributed by atoms with van der Waals surface area (Å²) < 4.78 is 70.5. The van der Waals surface area contributed by atoms with Crippen molar-refractivity contribution in [2.45, 2.75) is 40.1 Å². The van der Waals surface area contributed by atoms with Crippen molar-refractivity contribution in [2.75, 3.05) is 10.6 Å². The van der Waals surface area contributed by atoms with Crippen molar-refractivity contribution in [3.05, 3.63) is 70.5 Å². The summed E-state index contributed by atoms with van der Waals surface area (Å²) in [6.45, 7) is 2.39. The Kier molecular flexibility index (Phi) is 7.21. The summed E-state index contributed by atoms with van der Waals surface area (Å²) >= 11 is 5.32. The Balaban J connectivity index is 1.77. The van der Waals surface area contributed by atoms with Crippen molar-refractivity contribution in [3.8, 4) is 5.75 Å². The van der Waals surface area contributed by atoms with Gasteiger partial charge in [0, 0.05) is 0 Å². The molecule has 0 fully saturated rings. The molecule has 0 aliphatic carbocycles. The number of rotatable bonds is 6. The molecule has 176 valence electrons. The van der Waals surface area contributed by atoms with Crippen LogP contribution in [0.15, 0.2) is 42.5 Å². The molecule has 1 aromatic heterocycles. The van der Waals surface area contributed by atoms with Gasteiger partial charge in [-0.3, -0.25) is 4.68 Å². The average molecular weight is 484 g/mol. The van der Waals surface area contributed by atoms with Crippen LogP contribution in [0, 0.1) is 20.8 Å². The lowest BCUT2D eigenvalue weighted by Crippen LogP contribution is -2.21. The number of halogens is 5. The van der Waals surface area contributed by atoms with Gasteiger partial charge in [-0.25, -0.2) is 0 Å². The lowest BCUT2D eigenvalue weighted by molar-refractivity contribution is -0.137. The van der Waals surface area contributed by atoms with Gasteiger partial charge in [0.05, 0.1) is 34.9 Å². The minimum Gasteiger partial charge on any atom is -0.433 e. The van der Waals surface area contributed by atoms with Crippen LogP contribution < -0.4 is 15.4 Å². The molecule has 0 saturated heterocycles. The first kappa shape index (κ1) is 24.4. The fourth-order valence-electron chi connectivity index (χ4n) is 3.26. The molecule has 5 nitrogen and oxygen atoms in total. The van der Waals surface area contributed by atoms with E-state index in [4.69, 9.17) is 12.2 Å². The molecule has 0 atom stereocenters. The molecule has 3 rings (SSSR count). The van der Waals surface area contributed by atoms with E-state index in [1.165, 1.54) is 12.1 Å². The Bertz CT molecular complexity index is 1160. The molecule has 2 aromatic carbocycles. The minimum absolute atomic E-state index is 0.0616. The number of aryl methyl sites for hydroxylation is 2. The Hall–Kier alpha value is -3.21. The number of ether oxygens (including phenoxy) is 1. The lowest BCUT2D eigenvalue weighted by atomic mass is 10.1. The first-order chi connectivity index (χ1) is 15.4. The number of aromatic nitrogens is 2. The quantitative estimate of drug-likeness (QED) is 0.318. The average Bonchev–Trinajstić information content (AvgIpc) is 2.96. The number of benzene rings is 2. The van der Waals surface area contributed by atoms with Crippen LogP contribution in [0.5, 0.6) is 5.75 Å². The molecule has 0 saturated carbocycles. The van der Waals surface area contributed by atoms with Gasteiger partial charge in [-0.1, -0.05) is 18.2 Å². The molecule has 0 bridgehead atoms. The monoisotopic (exact) mass is 484 g/mol. The van der Waals surface area contributed by atoms with Gasteiger partial charge in [0.15, 0.2) is 5.11 Å². The highest BCUT2D eigenvalue weighted by molar-refractivity contribution is 7.80. The predicted molar refractivity (Wildman–Crippen MR) is 120 cm³/mol. The number of alkyl halides is 5. The number of thiocarbonyl (C=S) groups is 1. The van der Waals surface area contributed by atoms with Crippen LogP contribution in [0.3, 0.4) is 0 Å². The van der Waals surface area contributed by atoms with E-state index in [1.807, 2.05) is 0 Å². The van der Waals surface area contributed by atoms with Crippen LogP contribution in [0.25, 0.3) is 0 Å². The second-order valence-electron chi connectivity index (χ2n) is 7.36. The zero-order valence-corrected chi connectivity index (χ0v) is 18.7. The topological polar surface area (TPSA) is 51.1 Å². The Morgan fingerprint density at radius 2 is 1.82 bits per heavy atom. The summed E-state index contributed by atoms with van der Waals surface area (Å²) in [5.41, 5.74) is 2.55. The van der Waals surface area contributed by atoms with E-state index in [0.29, 0.717) is 22.6 Å². The maximum Gasteiger partial charge on any atom is 0.416 e. The Morgan fingerprint density at radius 1 is 1.09 bits per heavy atom. The highest BCUT2D eigenvalue weighted by Crippen LogP contribution is 2.30. The van der Waals surface area contributed by atoms with Crippen LogP contribution >= 0.6 is 12.2 Å². The zero-order chi connectivity index (χ0) is 24.3. The van der Waals surface area contributed by atoms with Crippen molar-refractivity contribution in [3.63, 3.8) is 0 Å². The molecule has 0 radical (unpaired) electrons. The van der Waals surface area contributed by atoms with E-state index in [1.54, 1.807) is 43.7 Å². The van der Waals surface area contributed by atoms with Gasteiger partial charge in [-0.15, -0.1) is 0 Å². The van der Waals surface area contributed by atoms with Gasteiger partial charge in [0.2, 0.25) is 0 Å². The standard InChI is InChI=1S/C22H21F5N4OS/c1-12-7-8-18(32-20(23)24)17(9-12)28-21(33)29-19-13(2)30-31(14(19)3)11-15-5-4-6-16(10-15)22(25,26)27/h4-10,20H,11H2,1-3H3,(H2,28,29,33). The number of nitrogens with one attached hydrogen (secondary N) is 2. The lowest BCUT2D eigenvalue weighted by Gasteiger charge is -2.15. The normalized spacial score (nSPS) is 11.5. The van der Waals surface area contributed by atoms with Crippen LogP contribution in [0.4, 0.5) is 33.3 Å². The van der Waals surface area contributed by atoms with E-state index in [-0.39, 0.29) is 23.1 Å². The van der Waals surface area contributed by atoms with E-state index in [9.17, 15) is 22.0 Å². The van der Waals surface area contributed by atoms with Gasteiger partial charge in [0.1, 0.15) is 5.75 Å².